The number of carbonyl (C=O) groups excluding carboxylic acids is 2. The predicted molar refractivity (Wildman–Crippen MR) is 139 cm³/mol. The second kappa shape index (κ2) is 11.5. The molecule has 0 radical (unpaired) electrons. The summed E-state index contributed by atoms with van der Waals surface area (Å²) in [5.41, 5.74) is 2.39. The quantitative estimate of drug-likeness (QED) is 0.141. The molecule has 4 atom stereocenters. The molecule has 4 rings (SSSR count). The van der Waals surface area contributed by atoms with Crippen molar-refractivity contribution in [3.8, 4) is 0 Å². The molecule has 2 heterocycles. The van der Waals surface area contributed by atoms with Crippen molar-refractivity contribution in [1.82, 2.24) is 15.5 Å². The zero-order valence-electron chi connectivity index (χ0n) is 22.8. The van der Waals surface area contributed by atoms with Gasteiger partial charge in [0, 0.05) is 48.0 Å². The number of nitrogens with zero attached hydrogens (tertiary/aromatic N) is 2. The first-order chi connectivity index (χ1) is 18.1. The fourth-order valence-electron chi connectivity index (χ4n) is 6.48. The summed E-state index contributed by atoms with van der Waals surface area (Å²) in [6.07, 6.45) is 10.1. The van der Waals surface area contributed by atoms with Gasteiger partial charge < -0.3 is 29.7 Å². The fraction of sp³-hybridized carbons (Fsp3) is 0.704. The summed E-state index contributed by atoms with van der Waals surface area (Å²) in [7, 11) is 2.70. The molecule has 0 bridgehead atoms. The van der Waals surface area contributed by atoms with Crippen molar-refractivity contribution in [3.05, 3.63) is 45.2 Å². The van der Waals surface area contributed by atoms with Gasteiger partial charge in [-0.05, 0) is 49.0 Å². The van der Waals surface area contributed by atoms with Crippen LogP contribution in [0.2, 0.25) is 0 Å². The van der Waals surface area contributed by atoms with Crippen LogP contribution in [0.25, 0.3) is 0 Å². The number of carbonyl (C=O) groups is 2. The Balaban J connectivity index is 1.63. The highest BCUT2D eigenvalue weighted by Crippen LogP contribution is 2.59. The van der Waals surface area contributed by atoms with Crippen LogP contribution >= 0.6 is 0 Å². The number of fused-ring (bicyclic) bond motifs is 1. The molecule has 210 valence electrons. The Morgan fingerprint density at radius 1 is 1.16 bits per heavy atom. The van der Waals surface area contributed by atoms with E-state index in [9.17, 15) is 19.7 Å². The molecule has 4 aliphatic rings. The molecule has 0 fully saturated rings. The maximum absolute atomic E-state index is 11.7. The average molecular weight is 533 g/mol. The molecule has 0 saturated carbocycles. The predicted octanol–water partition coefficient (Wildman–Crippen LogP) is 1.92. The molecule has 0 amide bonds. The molecule has 0 aromatic carbocycles. The molecular weight excluding hydrogens is 492 g/mol. The molecule has 2 N–H and O–H groups in total. The van der Waals surface area contributed by atoms with Crippen molar-refractivity contribution in [3.63, 3.8) is 0 Å². The molecular formula is C27H40N4O7. The van der Waals surface area contributed by atoms with Crippen LogP contribution < -0.4 is 10.6 Å². The number of hydrogen-bond acceptors (Lipinski definition) is 10. The summed E-state index contributed by atoms with van der Waals surface area (Å²) in [5.74, 6) is -0.861. The number of rotatable bonds is 10. The van der Waals surface area contributed by atoms with Crippen LogP contribution in [0.3, 0.4) is 0 Å². The van der Waals surface area contributed by atoms with E-state index in [-0.39, 0.29) is 41.4 Å². The zero-order valence-corrected chi connectivity index (χ0v) is 22.8. The summed E-state index contributed by atoms with van der Waals surface area (Å²) in [5, 5.41) is 18.0. The summed E-state index contributed by atoms with van der Waals surface area (Å²) < 4.78 is 16.6. The Hall–Kier alpha value is -2.76. The van der Waals surface area contributed by atoms with E-state index >= 15 is 0 Å². The topological polar surface area (TPSA) is 132 Å². The van der Waals surface area contributed by atoms with Crippen LogP contribution in [-0.2, 0) is 23.8 Å². The SMILES string of the molecule is COC(=O)CNCCN1C2=C(CCCC2)C(C)(C)C12C=CC1C[C@@H]([N+](=O)[O-])C=C(CNCC(=O)OC)[C@H]1O2. The molecule has 0 aromatic rings. The van der Waals surface area contributed by atoms with Crippen molar-refractivity contribution >= 4 is 11.9 Å². The van der Waals surface area contributed by atoms with E-state index in [1.807, 2.05) is 0 Å². The molecule has 0 saturated heterocycles. The van der Waals surface area contributed by atoms with Gasteiger partial charge in [-0.25, -0.2) is 0 Å². The summed E-state index contributed by atoms with van der Waals surface area (Å²) in [6.45, 7) is 6.09. The minimum absolute atomic E-state index is 0.00860. The number of methoxy groups -OCH3 is 2. The normalized spacial score (nSPS) is 29.5. The lowest BCUT2D eigenvalue weighted by molar-refractivity contribution is -0.512. The van der Waals surface area contributed by atoms with Gasteiger partial charge in [-0.1, -0.05) is 19.9 Å². The smallest absolute Gasteiger partial charge is 0.319 e. The Morgan fingerprint density at radius 3 is 2.53 bits per heavy atom. The highest BCUT2D eigenvalue weighted by molar-refractivity contribution is 5.71. The molecule has 38 heavy (non-hydrogen) atoms. The van der Waals surface area contributed by atoms with Gasteiger partial charge in [-0.15, -0.1) is 0 Å². The van der Waals surface area contributed by atoms with Gasteiger partial charge in [0.2, 0.25) is 6.04 Å². The van der Waals surface area contributed by atoms with Crippen molar-refractivity contribution in [2.45, 2.75) is 63.8 Å². The van der Waals surface area contributed by atoms with E-state index < -0.39 is 17.7 Å². The first-order valence-corrected chi connectivity index (χ1v) is 13.4. The number of allylic oxidation sites excluding steroid dienone is 1. The molecule has 1 spiro atoms. The maximum atomic E-state index is 11.7. The van der Waals surface area contributed by atoms with E-state index in [0.717, 1.165) is 31.3 Å². The minimum Gasteiger partial charge on any atom is -0.468 e. The van der Waals surface area contributed by atoms with E-state index in [1.54, 1.807) is 6.08 Å². The molecule has 2 unspecified atom stereocenters. The minimum atomic E-state index is -0.810. The van der Waals surface area contributed by atoms with E-state index in [4.69, 9.17) is 14.2 Å². The first kappa shape index (κ1) is 28.3. The van der Waals surface area contributed by atoms with Crippen molar-refractivity contribution in [2.24, 2.45) is 11.3 Å². The molecule has 11 heteroatoms. The third kappa shape index (κ3) is 5.23. The molecule has 2 aliphatic heterocycles. The second-order valence-corrected chi connectivity index (χ2v) is 10.9. The Bertz CT molecular complexity index is 1040. The molecule has 2 aliphatic carbocycles. The summed E-state index contributed by atoms with van der Waals surface area (Å²) in [4.78, 5) is 37.1. The van der Waals surface area contributed by atoms with Gasteiger partial charge in [0.05, 0.1) is 33.4 Å². The summed E-state index contributed by atoms with van der Waals surface area (Å²) in [6, 6.07) is -0.810. The van der Waals surface area contributed by atoms with Crippen LogP contribution in [0.1, 0.15) is 46.0 Å². The number of esters is 2. The average Bonchev–Trinajstić information content (AvgIpc) is 3.09. The van der Waals surface area contributed by atoms with Gasteiger partial charge in [0.1, 0.15) is 0 Å². The van der Waals surface area contributed by atoms with E-state index in [1.165, 1.54) is 25.5 Å². The van der Waals surface area contributed by atoms with E-state index in [0.29, 0.717) is 26.1 Å². The zero-order chi connectivity index (χ0) is 27.5. The lowest BCUT2D eigenvalue weighted by Gasteiger charge is -2.52. The Kier molecular flexibility index (Phi) is 8.59. The highest BCUT2D eigenvalue weighted by atomic mass is 16.6. The van der Waals surface area contributed by atoms with Gasteiger partial charge in [-0.3, -0.25) is 19.7 Å². The van der Waals surface area contributed by atoms with Crippen molar-refractivity contribution < 1.29 is 28.7 Å². The second-order valence-electron chi connectivity index (χ2n) is 10.9. The van der Waals surface area contributed by atoms with Gasteiger partial charge in [-0.2, -0.15) is 0 Å². The summed E-state index contributed by atoms with van der Waals surface area (Å²) >= 11 is 0. The highest BCUT2D eigenvalue weighted by Gasteiger charge is 2.60. The van der Waals surface area contributed by atoms with Crippen LogP contribution in [0, 0.1) is 21.4 Å². The van der Waals surface area contributed by atoms with Crippen LogP contribution in [-0.4, -0.2) is 86.6 Å². The number of nitro groups is 1. The van der Waals surface area contributed by atoms with Gasteiger partial charge in [0.15, 0.2) is 5.72 Å². The third-order valence-corrected chi connectivity index (χ3v) is 8.47. The third-order valence-electron chi connectivity index (χ3n) is 8.47. The van der Waals surface area contributed by atoms with Gasteiger partial charge in [0.25, 0.3) is 0 Å². The molecule has 11 nitrogen and oxygen atoms in total. The van der Waals surface area contributed by atoms with E-state index in [2.05, 4.69) is 41.5 Å². The Morgan fingerprint density at radius 2 is 1.84 bits per heavy atom. The van der Waals surface area contributed by atoms with Crippen LogP contribution in [0.4, 0.5) is 0 Å². The van der Waals surface area contributed by atoms with Crippen LogP contribution in [0.5, 0.6) is 0 Å². The first-order valence-electron chi connectivity index (χ1n) is 13.4. The number of hydrogen-bond donors (Lipinski definition) is 2. The number of nitrogens with one attached hydrogen (secondary N) is 2. The molecule has 0 aromatic heterocycles. The lowest BCUT2D eigenvalue weighted by atomic mass is 9.71. The van der Waals surface area contributed by atoms with Gasteiger partial charge >= 0.3 is 11.9 Å². The van der Waals surface area contributed by atoms with Crippen molar-refractivity contribution in [1.29, 1.82) is 0 Å². The lowest BCUT2D eigenvalue weighted by Crippen LogP contribution is -2.60. The standard InChI is InChI=1S/C27H40N4O7/c1-26(2)21-7-5-6-8-22(21)30(12-11-28-16-23(32)36-3)27(26)10-9-18-13-20(31(34)35)14-19(25(18)38-27)15-29-17-24(33)37-4/h9-10,14,18,20,25,28-29H,5-8,11-13,15-17H2,1-4H3/t18?,20-,25+,27?/m1/s1. The van der Waals surface area contributed by atoms with Crippen molar-refractivity contribution in [2.75, 3.05) is 46.9 Å². The fourth-order valence-corrected chi connectivity index (χ4v) is 6.48. The monoisotopic (exact) mass is 532 g/mol. The Labute approximate surface area is 223 Å². The maximum Gasteiger partial charge on any atom is 0.319 e. The number of ether oxygens (including phenoxy) is 3. The van der Waals surface area contributed by atoms with Crippen LogP contribution in [0.15, 0.2) is 35.1 Å². The largest absolute Gasteiger partial charge is 0.468 e.